The number of ether oxygens (including phenoxy) is 1. The van der Waals surface area contributed by atoms with E-state index in [1.54, 1.807) is 0 Å². The number of nitrogens with zero attached hydrogens (tertiary/aromatic N) is 3. The Morgan fingerprint density at radius 3 is 2.66 bits per heavy atom. The van der Waals surface area contributed by atoms with Gasteiger partial charge in [0, 0.05) is 23.7 Å². The zero-order valence-corrected chi connectivity index (χ0v) is 19.0. The summed E-state index contributed by atoms with van der Waals surface area (Å²) in [6, 6.07) is 12.9. The molecule has 1 aliphatic carbocycles. The molecule has 0 bridgehead atoms. The molecular formula is C28H30N3O. The minimum atomic E-state index is 0.731. The van der Waals surface area contributed by atoms with Crippen molar-refractivity contribution in [2.75, 3.05) is 26.2 Å². The first-order valence-corrected chi connectivity index (χ1v) is 11.6. The van der Waals surface area contributed by atoms with Gasteiger partial charge in [0.1, 0.15) is 12.4 Å². The monoisotopic (exact) mass is 424 g/mol. The maximum absolute atomic E-state index is 6.04. The molecule has 2 aromatic carbocycles. The summed E-state index contributed by atoms with van der Waals surface area (Å²) in [5.41, 5.74) is 7.07. The number of allylic oxidation sites excluding steroid dienone is 3. The number of rotatable bonds is 6. The number of fused-ring (bicyclic) bond motifs is 1. The largest absolute Gasteiger partial charge is 0.493 e. The predicted molar refractivity (Wildman–Crippen MR) is 131 cm³/mol. The Kier molecular flexibility index (Phi) is 6.04. The van der Waals surface area contributed by atoms with Crippen LogP contribution >= 0.6 is 0 Å². The summed E-state index contributed by atoms with van der Waals surface area (Å²) < 4.78 is 6.04. The molecule has 0 amide bonds. The normalized spacial score (nSPS) is 16.8. The van der Waals surface area contributed by atoms with Gasteiger partial charge in [-0.3, -0.25) is 4.90 Å². The molecule has 0 N–H and O–H groups in total. The second-order valence-corrected chi connectivity index (χ2v) is 8.78. The molecule has 4 heteroatoms. The van der Waals surface area contributed by atoms with Gasteiger partial charge in [0.25, 0.3) is 0 Å². The third-order valence-electron chi connectivity index (χ3n) is 6.44. The molecule has 2 aliphatic rings. The van der Waals surface area contributed by atoms with E-state index in [1.807, 2.05) is 6.20 Å². The summed E-state index contributed by atoms with van der Waals surface area (Å²) in [5, 5.41) is 1.06. The third-order valence-corrected chi connectivity index (χ3v) is 6.44. The Hall–Kier alpha value is -2.98. The Morgan fingerprint density at radius 1 is 1.03 bits per heavy atom. The van der Waals surface area contributed by atoms with Crippen molar-refractivity contribution in [2.24, 2.45) is 0 Å². The fourth-order valence-electron chi connectivity index (χ4n) is 4.73. The van der Waals surface area contributed by atoms with Crippen LogP contribution in [0.25, 0.3) is 27.6 Å². The molecule has 0 unspecified atom stereocenters. The summed E-state index contributed by atoms with van der Waals surface area (Å²) in [4.78, 5) is 12.0. The SMILES string of the molecule is Cc1cccc(C)c1-c1ccc2nc(C3=CC(OCCN4CCCC4)=CC[CH]3)ncc2c1. The molecule has 32 heavy (non-hydrogen) atoms. The lowest BCUT2D eigenvalue weighted by Crippen LogP contribution is -2.23. The van der Waals surface area contributed by atoms with Gasteiger partial charge in [0.2, 0.25) is 0 Å². The molecule has 3 aromatic rings. The highest BCUT2D eigenvalue weighted by atomic mass is 16.5. The zero-order chi connectivity index (χ0) is 21.9. The van der Waals surface area contributed by atoms with Gasteiger partial charge >= 0.3 is 0 Å². The maximum atomic E-state index is 6.04. The number of hydrogen-bond acceptors (Lipinski definition) is 4. The number of benzene rings is 2. The van der Waals surface area contributed by atoms with Crippen molar-refractivity contribution in [2.45, 2.75) is 33.1 Å². The summed E-state index contributed by atoms with van der Waals surface area (Å²) in [7, 11) is 0. The van der Waals surface area contributed by atoms with E-state index in [1.165, 1.54) is 48.2 Å². The number of likely N-dealkylation sites (tertiary alicyclic amines) is 1. The lowest BCUT2D eigenvalue weighted by molar-refractivity contribution is 0.179. The Morgan fingerprint density at radius 2 is 1.84 bits per heavy atom. The summed E-state index contributed by atoms with van der Waals surface area (Å²) in [6.07, 6.45) is 11.8. The van der Waals surface area contributed by atoms with E-state index in [0.29, 0.717) is 0 Å². The predicted octanol–water partition coefficient (Wildman–Crippen LogP) is 5.90. The van der Waals surface area contributed by atoms with Crippen LogP contribution in [-0.4, -0.2) is 41.1 Å². The van der Waals surface area contributed by atoms with Crippen molar-refractivity contribution in [3.63, 3.8) is 0 Å². The van der Waals surface area contributed by atoms with Crippen LogP contribution in [0.3, 0.4) is 0 Å². The average molecular weight is 425 g/mol. The van der Waals surface area contributed by atoms with Gasteiger partial charge in [0.15, 0.2) is 5.82 Å². The van der Waals surface area contributed by atoms with Crippen molar-refractivity contribution < 1.29 is 4.74 Å². The zero-order valence-electron chi connectivity index (χ0n) is 19.0. The highest BCUT2D eigenvalue weighted by molar-refractivity contribution is 5.86. The van der Waals surface area contributed by atoms with E-state index in [9.17, 15) is 0 Å². The van der Waals surface area contributed by atoms with Gasteiger partial charge in [0.05, 0.1) is 5.52 Å². The first kappa shape index (κ1) is 20.9. The highest BCUT2D eigenvalue weighted by Gasteiger charge is 2.15. The molecule has 1 saturated heterocycles. The van der Waals surface area contributed by atoms with E-state index in [2.05, 4.69) is 78.7 Å². The Bertz CT molecular complexity index is 1170. The lowest BCUT2D eigenvalue weighted by Gasteiger charge is -2.17. The first-order chi connectivity index (χ1) is 15.7. The van der Waals surface area contributed by atoms with Gasteiger partial charge in [-0.05, 0) is 99.2 Å². The number of hydrogen-bond donors (Lipinski definition) is 0. The van der Waals surface area contributed by atoms with Crippen LogP contribution in [0.1, 0.15) is 36.2 Å². The molecule has 163 valence electrons. The Balaban J connectivity index is 1.34. The van der Waals surface area contributed by atoms with Crippen molar-refractivity contribution in [1.82, 2.24) is 14.9 Å². The van der Waals surface area contributed by atoms with Gasteiger partial charge < -0.3 is 4.74 Å². The third kappa shape index (κ3) is 4.46. The van der Waals surface area contributed by atoms with Gasteiger partial charge in [-0.2, -0.15) is 0 Å². The van der Waals surface area contributed by atoms with Crippen LogP contribution < -0.4 is 0 Å². The minimum absolute atomic E-state index is 0.731. The molecule has 5 rings (SSSR count). The lowest BCUT2D eigenvalue weighted by atomic mass is 9.95. The highest BCUT2D eigenvalue weighted by Crippen LogP contribution is 2.30. The number of aromatic nitrogens is 2. The van der Waals surface area contributed by atoms with Crippen LogP contribution in [0, 0.1) is 20.3 Å². The van der Waals surface area contributed by atoms with Crippen LogP contribution in [0.2, 0.25) is 0 Å². The molecule has 1 fully saturated rings. The second-order valence-electron chi connectivity index (χ2n) is 8.78. The number of aryl methyl sites for hydroxylation is 2. The van der Waals surface area contributed by atoms with E-state index in [4.69, 9.17) is 9.72 Å². The molecule has 0 saturated carbocycles. The summed E-state index contributed by atoms with van der Waals surface area (Å²) in [6.45, 7) is 8.46. The van der Waals surface area contributed by atoms with E-state index < -0.39 is 0 Å². The van der Waals surface area contributed by atoms with Crippen LogP contribution in [0.5, 0.6) is 0 Å². The molecule has 1 radical (unpaired) electrons. The van der Waals surface area contributed by atoms with Crippen molar-refractivity contribution in [3.8, 4) is 11.1 Å². The topological polar surface area (TPSA) is 38.2 Å². The van der Waals surface area contributed by atoms with E-state index >= 15 is 0 Å². The van der Waals surface area contributed by atoms with Crippen LogP contribution in [-0.2, 0) is 4.74 Å². The molecule has 1 aliphatic heterocycles. The molecule has 0 atom stereocenters. The summed E-state index contributed by atoms with van der Waals surface area (Å²) >= 11 is 0. The molecular weight excluding hydrogens is 394 g/mol. The van der Waals surface area contributed by atoms with Gasteiger partial charge in [-0.25, -0.2) is 9.97 Å². The fourth-order valence-corrected chi connectivity index (χ4v) is 4.73. The van der Waals surface area contributed by atoms with Gasteiger partial charge in [-0.15, -0.1) is 0 Å². The van der Waals surface area contributed by atoms with Gasteiger partial charge in [-0.1, -0.05) is 24.3 Å². The quantitative estimate of drug-likeness (QED) is 0.494. The molecule has 4 nitrogen and oxygen atoms in total. The van der Waals surface area contributed by atoms with Crippen LogP contribution in [0.4, 0.5) is 0 Å². The average Bonchev–Trinajstić information content (AvgIpc) is 3.32. The van der Waals surface area contributed by atoms with E-state index in [-0.39, 0.29) is 0 Å². The second kappa shape index (κ2) is 9.25. The standard InChI is InChI=1S/C28H30N3O/c1-20-7-5-8-21(2)27(20)22-11-12-26-24(17-22)19-29-28(30-26)23-9-6-10-25(18-23)32-16-15-31-13-3-4-14-31/h5,7-12,17-19H,3-4,6,13-16H2,1-2H3. The maximum Gasteiger partial charge on any atom is 0.156 e. The molecule has 1 aromatic heterocycles. The minimum Gasteiger partial charge on any atom is -0.493 e. The first-order valence-electron chi connectivity index (χ1n) is 11.6. The molecule has 0 spiro atoms. The van der Waals surface area contributed by atoms with E-state index in [0.717, 1.165) is 47.6 Å². The smallest absolute Gasteiger partial charge is 0.156 e. The molecule has 2 heterocycles. The van der Waals surface area contributed by atoms with Crippen molar-refractivity contribution in [3.05, 3.63) is 83.9 Å². The van der Waals surface area contributed by atoms with Crippen molar-refractivity contribution >= 4 is 16.5 Å². The fraction of sp³-hybridized carbons (Fsp3) is 0.321. The Labute approximate surface area is 190 Å². The van der Waals surface area contributed by atoms with Crippen molar-refractivity contribution in [1.29, 1.82) is 0 Å². The summed E-state index contributed by atoms with van der Waals surface area (Å²) in [5.74, 6) is 1.68. The van der Waals surface area contributed by atoms with Crippen LogP contribution in [0.15, 0.2) is 60.5 Å².